The fraction of sp³-hybridized carbons (Fsp3) is 0.333. The van der Waals surface area contributed by atoms with E-state index >= 15 is 0 Å². The minimum absolute atomic E-state index is 0.201. The molecule has 0 saturated carbocycles. The topological polar surface area (TPSA) is 83.6 Å². The molecule has 0 aromatic heterocycles. The van der Waals surface area contributed by atoms with E-state index in [0.29, 0.717) is 12.1 Å². The Hall–Kier alpha value is -2.67. The minimum Gasteiger partial charge on any atom is -0.352 e. The van der Waals surface area contributed by atoms with Crippen molar-refractivity contribution in [1.29, 1.82) is 0 Å². The summed E-state index contributed by atoms with van der Waals surface area (Å²) in [6.45, 7) is 3.72. The smallest absolute Gasteiger partial charge is 0.251 e. The monoisotopic (exact) mass is 400 g/mol. The van der Waals surface area contributed by atoms with Gasteiger partial charge in [0.05, 0.1) is 16.9 Å². The normalized spacial score (nSPS) is 17.5. The van der Waals surface area contributed by atoms with Crippen molar-refractivity contribution in [3.63, 3.8) is 0 Å². The molecule has 1 fully saturated rings. The van der Waals surface area contributed by atoms with Gasteiger partial charge in [-0.3, -0.25) is 9.59 Å². The summed E-state index contributed by atoms with van der Waals surface area (Å²) in [5.74, 6) is -1.01. The van der Waals surface area contributed by atoms with E-state index in [9.17, 15) is 18.0 Å². The summed E-state index contributed by atoms with van der Waals surface area (Å²) in [7, 11) is -3.74. The lowest BCUT2D eigenvalue weighted by Gasteiger charge is -2.18. The number of sulfonamides is 1. The third-order valence-electron chi connectivity index (χ3n) is 4.70. The van der Waals surface area contributed by atoms with Gasteiger partial charge in [0.25, 0.3) is 5.91 Å². The van der Waals surface area contributed by atoms with Crippen LogP contribution in [0, 0.1) is 5.41 Å². The highest BCUT2D eigenvalue weighted by molar-refractivity contribution is 7.94. The Morgan fingerprint density at radius 1 is 1.11 bits per heavy atom. The van der Waals surface area contributed by atoms with Gasteiger partial charge < -0.3 is 5.32 Å². The predicted octanol–water partition coefficient (Wildman–Crippen LogP) is 2.75. The fourth-order valence-corrected chi connectivity index (χ4v) is 5.38. The number of nitrogens with one attached hydrogen (secondary N) is 1. The fourth-order valence-electron chi connectivity index (χ4n) is 3.28. The van der Waals surface area contributed by atoms with Gasteiger partial charge in [0.2, 0.25) is 15.9 Å². The summed E-state index contributed by atoms with van der Waals surface area (Å²) in [6, 6.07) is 16.2. The number of carbonyl (C=O) groups is 2. The molecule has 0 radical (unpaired) electrons. The zero-order valence-electron chi connectivity index (χ0n) is 16.0. The predicted molar refractivity (Wildman–Crippen MR) is 109 cm³/mol. The van der Waals surface area contributed by atoms with Crippen LogP contribution < -0.4 is 9.62 Å². The Kier molecular flexibility index (Phi) is 5.56. The van der Waals surface area contributed by atoms with Gasteiger partial charge in [-0.15, -0.1) is 0 Å². The lowest BCUT2D eigenvalue weighted by molar-refractivity contribution is -0.123. The summed E-state index contributed by atoms with van der Waals surface area (Å²) >= 11 is 0. The lowest BCUT2D eigenvalue weighted by atomic mass is 9.95. The van der Waals surface area contributed by atoms with Crippen molar-refractivity contribution < 1.29 is 18.0 Å². The van der Waals surface area contributed by atoms with Gasteiger partial charge >= 0.3 is 0 Å². The molecule has 3 rings (SSSR count). The molecule has 1 N–H and O–H groups in total. The first-order valence-electron chi connectivity index (χ1n) is 9.20. The highest BCUT2D eigenvalue weighted by atomic mass is 32.2. The zero-order chi connectivity index (χ0) is 20.4. The van der Waals surface area contributed by atoms with Crippen LogP contribution in [0.4, 0.5) is 5.69 Å². The molecule has 28 heavy (non-hydrogen) atoms. The van der Waals surface area contributed by atoms with Crippen LogP contribution in [0.25, 0.3) is 0 Å². The highest BCUT2D eigenvalue weighted by Crippen LogP contribution is 2.35. The number of benzene rings is 2. The quantitative estimate of drug-likeness (QED) is 0.756. The van der Waals surface area contributed by atoms with E-state index in [1.165, 1.54) is 17.7 Å². The van der Waals surface area contributed by atoms with Gasteiger partial charge in [0, 0.05) is 12.1 Å². The minimum atomic E-state index is -3.74. The third kappa shape index (κ3) is 4.25. The molecule has 0 aliphatic carbocycles. The van der Waals surface area contributed by atoms with E-state index in [1.54, 1.807) is 26.0 Å². The maximum Gasteiger partial charge on any atom is 0.251 e. The molecule has 7 heteroatoms. The highest BCUT2D eigenvalue weighted by Gasteiger charge is 2.49. The third-order valence-corrected chi connectivity index (χ3v) is 6.72. The Morgan fingerprint density at radius 3 is 2.46 bits per heavy atom. The molecule has 1 aliphatic heterocycles. The molecule has 148 valence electrons. The standard InChI is InChI=1S/C21H24N2O4S/c1-21(2)15-28(26,27)23(20(21)25)18-12-6-11-17(14-18)19(24)22-13-7-10-16-8-4-3-5-9-16/h3-6,8-9,11-12,14H,7,10,13,15H2,1-2H3,(H,22,24). The van der Waals surface area contributed by atoms with Crippen LogP contribution in [-0.4, -0.2) is 32.5 Å². The average Bonchev–Trinajstić information content (AvgIpc) is 2.82. The molecule has 0 spiro atoms. The van der Waals surface area contributed by atoms with Gasteiger partial charge in [-0.1, -0.05) is 36.4 Å². The number of carbonyl (C=O) groups excluding carboxylic acids is 2. The Bertz CT molecular complexity index is 984. The maximum absolute atomic E-state index is 12.5. The molecule has 6 nitrogen and oxygen atoms in total. The number of amides is 2. The van der Waals surface area contributed by atoms with Gasteiger partial charge in [-0.05, 0) is 50.5 Å². The van der Waals surface area contributed by atoms with Crippen LogP contribution in [0.5, 0.6) is 0 Å². The van der Waals surface area contributed by atoms with Crippen LogP contribution in [0.2, 0.25) is 0 Å². The Balaban J connectivity index is 1.66. The second-order valence-electron chi connectivity index (χ2n) is 7.61. The molecule has 0 atom stereocenters. The summed E-state index contributed by atoms with van der Waals surface area (Å²) < 4.78 is 25.7. The van der Waals surface area contributed by atoms with E-state index in [4.69, 9.17) is 0 Å². The lowest BCUT2D eigenvalue weighted by Crippen LogP contribution is -2.33. The second kappa shape index (κ2) is 7.75. The van der Waals surface area contributed by atoms with E-state index in [1.807, 2.05) is 30.3 Å². The van der Waals surface area contributed by atoms with Crippen LogP contribution >= 0.6 is 0 Å². The van der Waals surface area contributed by atoms with Gasteiger partial charge in [0.1, 0.15) is 0 Å². The SMILES string of the molecule is CC1(C)CS(=O)(=O)N(c2cccc(C(=O)NCCCc3ccccc3)c2)C1=O. The average molecular weight is 401 g/mol. The number of hydrogen-bond acceptors (Lipinski definition) is 4. The molecule has 2 aromatic rings. The first-order valence-corrected chi connectivity index (χ1v) is 10.8. The van der Waals surface area contributed by atoms with Crippen LogP contribution in [0.15, 0.2) is 54.6 Å². The van der Waals surface area contributed by atoms with Crippen molar-refractivity contribution in [2.24, 2.45) is 5.41 Å². The maximum atomic E-state index is 12.5. The molecule has 1 heterocycles. The molecular formula is C21H24N2O4S. The van der Waals surface area contributed by atoms with Crippen molar-refractivity contribution in [3.8, 4) is 0 Å². The summed E-state index contributed by atoms with van der Waals surface area (Å²) in [5, 5.41) is 2.84. The molecule has 1 saturated heterocycles. The van der Waals surface area contributed by atoms with Gasteiger partial charge in [-0.25, -0.2) is 12.7 Å². The largest absolute Gasteiger partial charge is 0.352 e. The van der Waals surface area contributed by atoms with Gasteiger partial charge in [-0.2, -0.15) is 0 Å². The number of nitrogens with zero attached hydrogens (tertiary/aromatic N) is 1. The first kappa shape index (κ1) is 20.1. The molecule has 0 unspecified atom stereocenters. The van der Waals surface area contributed by atoms with Crippen molar-refractivity contribution in [1.82, 2.24) is 5.32 Å². The van der Waals surface area contributed by atoms with E-state index < -0.39 is 21.3 Å². The van der Waals surface area contributed by atoms with Crippen molar-refractivity contribution >= 4 is 27.5 Å². The van der Waals surface area contributed by atoms with Crippen molar-refractivity contribution in [2.75, 3.05) is 16.6 Å². The zero-order valence-corrected chi connectivity index (χ0v) is 16.8. The summed E-state index contributed by atoms with van der Waals surface area (Å²) in [4.78, 5) is 24.9. The van der Waals surface area contributed by atoms with Crippen molar-refractivity contribution in [2.45, 2.75) is 26.7 Å². The van der Waals surface area contributed by atoms with Crippen molar-refractivity contribution in [3.05, 3.63) is 65.7 Å². The summed E-state index contributed by atoms with van der Waals surface area (Å²) in [5.41, 5.74) is 0.755. The van der Waals surface area contributed by atoms with E-state index in [2.05, 4.69) is 5.32 Å². The summed E-state index contributed by atoms with van der Waals surface area (Å²) in [6.07, 6.45) is 1.65. The molecule has 2 amide bonds. The molecule has 1 aliphatic rings. The van der Waals surface area contributed by atoms with Crippen LogP contribution in [0.3, 0.4) is 0 Å². The molecular weight excluding hydrogens is 376 g/mol. The van der Waals surface area contributed by atoms with E-state index in [-0.39, 0.29) is 17.3 Å². The number of hydrogen-bond donors (Lipinski definition) is 1. The first-order chi connectivity index (χ1) is 13.2. The van der Waals surface area contributed by atoms with Crippen LogP contribution in [0.1, 0.15) is 36.2 Å². The van der Waals surface area contributed by atoms with Crippen LogP contribution in [-0.2, 0) is 21.2 Å². The molecule has 0 bridgehead atoms. The van der Waals surface area contributed by atoms with Gasteiger partial charge in [0.15, 0.2) is 0 Å². The number of rotatable bonds is 6. The second-order valence-corrected chi connectivity index (χ2v) is 9.42. The number of aryl methyl sites for hydroxylation is 1. The molecule has 2 aromatic carbocycles. The number of anilines is 1. The van der Waals surface area contributed by atoms with E-state index in [0.717, 1.165) is 17.1 Å². The Labute approximate surface area is 165 Å². The Morgan fingerprint density at radius 2 is 1.82 bits per heavy atom.